The van der Waals surface area contributed by atoms with E-state index >= 15 is 0 Å². The van der Waals surface area contributed by atoms with Gasteiger partial charge in [-0.2, -0.15) is 0 Å². The van der Waals surface area contributed by atoms with E-state index in [1.54, 1.807) is 0 Å². The molecule has 7 heteroatoms. The van der Waals surface area contributed by atoms with Gasteiger partial charge in [-0.15, -0.1) is 0 Å². The molecule has 6 nitrogen and oxygen atoms in total. The Hall–Kier alpha value is -1.44. The van der Waals surface area contributed by atoms with E-state index < -0.39 is 21.5 Å². The molecule has 110 valence electrons. The third-order valence-electron chi connectivity index (χ3n) is 3.53. The second-order valence-corrected chi connectivity index (χ2v) is 6.60. The Kier molecular flexibility index (Phi) is 4.12. The van der Waals surface area contributed by atoms with Gasteiger partial charge in [0, 0.05) is 0 Å². The van der Waals surface area contributed by atoms with Crippen LogP contribution in [0.2, 0.25) is 0 Å². The van der Waals surface area contributed by atoms with Crippen molar-refractivity contribution in [3.63, 3.8) is 0 Å². The molecule has 20 heavy (non-hydrogen) atoms. The van der Waals surface area contributed by atoms with Crippen molar-refractivity contribution in [2.24, 2.45) is 0 Å². The Labute approximate surface area is 117 Å². The van der Waals surface area contributed by atoms with Crippen LogP contribution in [-0.4, -0.2) is 38.7 Å². The fourth-order valence-corrected chi connectivity index (χ4v) is 3.64. The lowest BCUT2D eigenvalue weighted by Crippen LogP contribution is -2.55. The fraction of sp³-hybridized carbons (Fsp3) is 0.462. The number of aliphatic hydroxyl groups excluding tert-OH is 1. The summed E-state index contributed by atoms with van der Waals surface area (Å²) < 4.78 is 31.7. The SMILES string of the molecule is COC(=O)c1cccc(S(=O)(=O)NC2(CO)CCC2)c1. The van der Waals surface area contributed by atoms with Crippen molar-refractivity contribution in [1.82, 2.24) is 4.72 Å². The molecule has 0 bridgehead atoms. The van der Waals surface area contributed by atoms with Crippen molar-refractivity contribution >= 4 is 16.0 Å². The van der Waals surface area contributed by atoms with Crippen molar-refractivity contribution in [1.29, 1.82) is 0 Å². The van der Waals surface area contributed by atoms with Crippen molar-refractivity contribution in [2.75, 3.05) is 13.7 Å². The number of esters is 1. The average Bonchev–Trinajstić information content (AvgIpc) is 2.42. The van der Waals surface area contributed by atoms with E-state index in [1.807, 2.05) is 0 Å². The Morgan fingerprint density at radius 1 is 1.45 bits per heavy atom. The van der Waals surface area contributed by atoms with Gasteiger partial charge in [-0.1, -0.05) is 6.07 Å². The van der Waals surface area contributed by atoms with E-state index in [0.29, 0.717) is 12.8 Å². The second-order valence-electron chi connectivity index (χ2n) is 4.92. The Morgan fingerprint density at radius 2 is 2.15 bits per heavy atom. The lowest BCUT2D eigenvalue weighted by atomic mass is 9.78. The highest BCUT2D eigenvalue weighted by Crippen LogP contribution is 2.32. The normalized spacial score (nSPS) is 17.3. The summed E-state index contributed by atoms with van der Waals surface area (Å²) in [6.45, 7) is -0.233. The van der Waals surface area contributed by atoms with E-state index in [-0.39, 0.29) is 17.1 Å². The number of carbonyl (C=O) groups excluding carboxylic acids is 1. The lowest BCUT2D eigenvalue weighted by molar-refractivity contribution is 0.0600. The maximum Gasteiger partial charge on any atom is 0.337 e. The molecule has 1 saturated carbocycles. The number of aliphatic hydroxyl groups is 1. The second kappa shape index (κ2) is 5.51. The first-order valence-electron chi connectivity index (χ1n) is 6.26. The molecule has 1 aliphatic carbocycles. The first-order chi connectivity index (χ1) is 9.42. The number of hydrogen-bond acceptors (Lipinski definition) is 5. The summed E-state index contributed by atoms with van der Waals surface area (Å²) >= 11 is 0. The standard InChI is InChI=1S/C13H17NO5S/c1-19-12(16)10-4-2-5-11(8-10)20(17,18)14-13(9-15)6-3-7-13/h2,4-5,8,14-15H,3,6-7,9H2,1H3. The molecule has 0 radical (unpaired) electrons. The quantitative estimate of drug-likeness (QED) is 0.779. The fourth-order valence-electron chi connectivity index (χ4n) is 2.15. The minimum Gasteiger partial charge on any atom is -0.465 e. The molecule has 1 fully saturated rings. The summed E-state index contributed by atoms with van der Waals surface area (Å²) in [6, 6.07) is 5.62. The summed E-state index contributed by atoms with van der Waals surface area (Å²) in [4.78, 5) is 11.4. The van der Waals surface area contributed by atoms with Gasteiger partial charge in [-0.3, -0.25) is 0 Å². The molecule has 0 saturated heterocycles. The van der Waals surface area contributed by atoms with Gasteiger partial charge in [0.15, 0.2) is 0 Å². The van der Waals surface area contributed by atoms with Gasteiger partial charge < -0.3 is 9.84 Å². The molecule has 0 heterocycles. The molecule has 0 amide bonds. The zero-order valence-electron chi connectivity index (χ0n) is 11.1. The van der Waals surface area contributed by atoms with Crippen molar-refractivity contribution in [3.05, 3.63) is 29.8 Å². The molecule has 1 aliphatic rings. The van der Waals surface area contributed by atoms with Gasteiger partial charge in [0.2, 0.25) is 10.0 Å². The molecule has 0 spiro atoms. The van der Waals surface area contributed by atoms with Gasteiger partial charge >= 0.3 is 5.97 Å². The van der Waals surface area contributed by atoms with Crippen LogP contribution in [0.4, 0.5) is 0 Å². The Morgan fingerprint density at radius 3 is 2.65 bits per heavy atom. The van der Waals surface area contributed by atoms with Gasteiger partial charge in [-0.05, 0) is 37.5 Å². The highest BCUT2D eigenvalue weighted by atomic mass is 32.2. The van der Waals surface area contributed by atoms with Gasteiger partial charge in [0.25, 0.3) is 0 Å². The summed E-state index contributed by atoms with van der Waals surface area (Å²) in [5, 5.41) is 9.33. The molecule has 0 unspecified atom stereocenters. The zero-order chi connectivity index (χ0) is 14.8. The Bertz CT molecular complexity index is 601. The summed E-state index contributed by atoms with van der Waals surface area (Å²) in [5.41, 5.74) is -0.595. The highest BCUT2D eigenvalue weighted by molar-refractivity contribution is 7.89. The summed E-state index contributed by atoms with van der Waals surface area (Å²) in [5.74, 6) is -0.595. The number of hydrogen-bond donors (Lipinski definition) is 2. The minimum atomic E-state index is -3.77. The molecule has 2 N–H and O–H groups in total. The molecule has 1 aromatic rings. The van der Waals surface area contributed by atoms with Crippen LogP contribution >= 0.6 is 0 Å². The predicted molar refractivity (Wildman–Crippen MR) is 71.8 cm³/mol. The number of nitrogens with one attached hydrogen (secondary N) is 1. The van der Waals surface area contributed by atoms with E-state index in [9.17, 15) is 18.3 Å². The van der Waals surface area contributed by atoms with E-state index in [1.165, 1.54) is 31.4 Å². The number of carbonyl (C=O) groups is 1. The topological polar surface area (TPSA) is 92.7 Å². The molecule has 0 atom stereocenters. The first kappa shape index (κ1) is 15.0. The van der Waals surface area contributed by atoms with Crippen LogP contribution in [0.3, 0.4) is 0 Å². The predicted octanol–water partition coefficient (Wildman–Crippen LogP) is 0.666. The number of benzene rings is 1. The summed E-state index contributed by atoms with van der Waals surface area (Å²) in [6.07, 6.45) is 2.10. The molecule has 0 aliphatic heterocycles. The molecular formula is C13H17NO5S. The number of ether oxygens (including phenoxy) is 1. The lowest BCUT2D eigenvalue weighted by Gasteiger charge is -2.40. The Balaban J connectivity index is 2.28. The number of rotatable bonds is 5. The minimum absolute atomic E-state index is 0.0138. The zero-order valence-corrected chi connectivity index (χ0v) is 11.9. The van der Waals surface area contributed by atoms with E-state index in [4.69, 9.17) is 0 Å². The monoisotopic (exact) mass is 299 g/mol. The van der Waals surface area contributed by atoms with Crippen LogP contribution in [0.15, 0.2) is 29.2 Å². The first-order valence-corrected chi connectivity index (χ1v) is 7.74. The van der Waals surface area contributed by atoms with Crippen molar-refractivity contribution in [2.45, 2.75) is 29.7 Å². The van der Waals surface area contributed by atoms with E-state index in [2.05, 4.69) is 9.46 Å². The van der Waals surface area contributed by atoms with Crippen LogP contribution in [0.5, 0.6) is 0 Å². The molecule has 1 aromatic carbocycles. The largest absolute Gasteiger partial charge is 0.465 e. The van der Waals surface area contributed by atoms with Crippen LogP contribution in [-0.2, 0) is 14.8 Å². The van der Waals surface area contributed by atoms with Crippen LogP contribution in [0, 0.1) is 0 Å². The maximum absolute atomic E-state index is 12.3. The van der Waals surface area contributed by atoms with Crippen LogP contribution < -0.4 is 4.72 Å². The molecular weight excluding hydrogens is 282 g/mol. The van der Waals surface area contributed by atoms with E-state index in [0.717, 1.165) is 6.42 Å². The average molecular weight is 299 g/mol. The van der Waals surface area contributed by atoms with Gasteiger partial charge in [0.1, 0.15) is 0 Å². The number of methoxy groups -OCH3 is 1. The third kappa shape index (κ3) is 2.84. The van der Waals surface area contributed by atoms with Gasteiger partial charge in [-0.25, -0.2) is 17.9 Å². The van der Waals surface area contributed by atoms with Crippen LogP contribution in [0.1, 0.15) is 29.6 Å². The van der Waals surface area contributed by atoms with Crippen molar-refractivity contribution < 1.29 is 23.1 Å². The highest BCUT2D eigenvalue weighted by Gasteiger charge is 2.40. The molecule has 0 aromatic heterocycles. The third-order valence-corrected chi connectivity index (χ3v) is 5.11. The van der Waals surface area contributed by atoms with Crippen molar-refractivity contribution in [3.8, 4) is 0 Å². The van der Waals surface area contributed by atoms with Crippen LogP contribution in [0.25, 0.3) is 0 Å². The summed E-state index contributed by atoms with van der Waals surface area (Å²) in [7, 11) is -2.54. The van der Waals surface area contributed by atoms with Gasteiger partial charge in [0.05, 0.1) is 29.7 Å². The number of sulfonamides is 1. The molecule has 2 rings (SSSR count). The maximum atomic E-state index is 12.3. The smallest absolute Gasteiger partial charge is 0.337 e.